The van der Waals surface area contributed by atoms with Crippen LogP contribution in [0.4, 0.5) is 13.2 Å². The highest BCUT2D eigenvalue weighted by molar-refractivity contribution is 8.00. The van der Waals surface area contributed by atoms with Crippen LogP contribution in [-0.4, -0.2) is 29.7 Å². The van der Waals surface area contributed by atoms with Crippen LogP contribution in [0.2, 0.25) is 0 Å². The van der Waals surface area contributed by atoms with Gasteiger partial charge in [0.25, 0.3) is 0 Å². The molecule has 1 unspecified atom stereocenters. The zero-order chi connectivity index (χ0) is 11.9. The van der Waals surface area contributed by atoms with E-state index in [1.54, 1.807) is 0 Å². The number of hydrogen-bond acceptors (Lipinski definition) is 2. The Labute approximate surface area is 98.1 Å². The van der Waals surface area contributed by atoms with Gasteiger partial charge in [-0.3, -0.25) is 0 Å². The van der Waals surface area contributed by atoms with Crippen molar-refractivity contribution < 1.29 is 13.2 Å². The zero-order valence-corrected chi connectivity index (χ0v) is 10.5. The van der Waals surface area contributed by atoms with E-state index in [1.165, 1.54) is 0 Å². The Morgan fingerprint density at radius 2 is 1.93 bits per heavy atom. The van der Waals surface area contributed by atoms with Crippen LogP contribution in [-0.2, 0) is 0 Å². The van der Waals surface area contributed by atoms with Crippen LogP contribution >= 0.6 is 23.4 Å². The summed E-state index contributed by atoms with van der Waals surface area (Å²) in [5.41, 5.74) is -4.12. The lowest BCUT2D eigenvalue weighted by Crippen LogP contribution is -2.36. The van der Waals surface area contributed by atoms with Gasteiger partial charge in [-0.1, -0.05) is 13.8 Å². The Balaban J connectivity index is 3.62. The van der Waals surface area contributed by atoms with Gasteiger partial charge in [0.15, 0.2) is 0 Å². The molecule has 0 radical (unpaired) electrons. The van der Waals surface area contributed by atoms with Gasteiger partial charge >= 0.3 is 5.51 Å². The van der Waals surface area contributed by atoms with E-state index in [0.717, 1.165) is 6.42 Å². The number of rotatable bonds is 7. The van der Waals surface area contributed by atoms with Gasteiger partial charge in [-0.05, 0) is 24.1 Å². The van der Waals surface area contributed by atoms with Crippen molar-refractivity contribution in [3.8, 4) is 0 Å². The monoisotopic (exact) mass is 263 g/mol. The highest BCUT2D eigenvalue weighted by Crippen LogP contribution is 2.29. The average Bonchev–Trinajstić information content (AvgIpc) is 2.08. The van der Waals surface area contributed by atoms with E-state index >= 15 is 0 Å². The maximum Gasteiger partial charge on any atom is 0.441 e. The van der Waals surface area contributed by atoms with Gasteiger partial charge < -0.3 is 5.32 Å². The summed E-state index contributed by atoms with van der Waals surface area (Å²) in [5.74, 6) is 0.969. The molecule has 0 aliphatic rings. The SMILES string of the molecule is CC(C)C(CCCl)NCCSC(F)(F)F. The lowest BCUT2D eigenvalue weighted by molar-refractivity contribution is -0.0327. The summed E-state index contributed by atoms with van der Waals surface area (Å²) < 4.78 is 35.4. The van der Waals surface area contributed by atoms with E-state index in [0.29, 0.717) is 18.3 Å². The Bertz CT molecular complexity index is 164. The standard InChI is InChI=1S/C9H17ClF3NS/c1-7(2)8(3-4-10)14-5-6-15-9(11,12)13/h7-8,14H,3-6H2,1-2H3. The Morgan fingerprint density at radius 1 is 1.33 bits per heavy atom. The van der Waals surface area contributed by atoms with Crippen molar-refractivity contribution in [1.29, 1.82) is 0 Å². The molecule has 0 aliphatic heterocycles. The summed E-state index contributed by atoms with van der Waals surface area (Å²) in [6, 6.07) is 0.205. The predicted molar refractivity (Wildman–Crippen MR) is 60.5 cm³/mol. The first-order valence-corrected chi connectivity index (χ1v) is 6.39. The molecule has 0 aromatic carbocycles. The fraction of sp³-hybridized carbons (Fsp3) is 1.00. The third-order valence-corrected chi connectivity index (χ3v) is 2.95. The molecular weight excluding hydrogens is 247 g/mol. The first kappa shape index (κ1) is 15.4. The second-order valence-electron chi connectivity index (χ2n) is 3.58. The third kappa shape index (κ3) is 9.33. The second kappa shape index (κ2) is 7.63. The van der Waals surface area contributed by atoms with Crippen LogP contribution in [0.1, 0.15) is 20.3 Å². The van der Waals surface area contributed by atoms with Gasteiger partial charge in [-0.15, -0.1) is 11.6 Å². The summed E-state index contributed by atoms with van der Waals surface area (Å²) in [6.45, 7) is 4.42. The fourth-order valence-electron chi connectivity index (χ4n) is 1.20. The third-order valence-electron chi connectivity index (χ3n) is 2.00. The van der Waals surface area contributed by atoms with Crippen LogP contribution in [0.3, 0.4) is 0 Å². The molecule has 0 saturated heterocycles. The summed E-state index contributed by atoms with van der Waals surface area (Å²) in [4.78, 5) is 0. The summed E-state index contributed by atoms with van der Waals surface area (Å²) in [6.07, 6.45) is 0.788. The predicted octanol–water partition coefficient (Wildman–Crippen LogP) is 3.48. The molecule has 0 aliphatic carbocycles. The van der Waals surface area contributed by atoms with Crippen molar-refractivity contribution >= 4 is 23.4 Å². The van der Waals surface area contributed by atoms with Crippen LogP contribution in [0, 0.1) is 5.92 Å². The number of alkyl halides is 4. The molecule has 6 heteroatoms. The Hall–Kier alpha value is 0.390. The molecule has 0 rings (SSSR count). The van der Waals surface area contributed by atoms with E-state index in [-0.39, 0.29) is 23.6 Å². The molecule has 0 spiro atoms. The van der Waals surface area contributed by atoms with Gasteiger partial charge in [0.1, 0.15) is 0 Å². The quantitative estimate of drug-likeness (QED) is 0.558. The van der Waals surface area contributed by atoms with Gasteiger partial charge in [-0.25, -0.2) is 0 Å². The minimum Gasteiger partial charge on any atom is -0.313 e. The minimum atomic E-state index is -4.12. The normalized spacial score (nSPS) is 14.6. The van der Waals surface area contributed by atoms with Crippen molar-refractivity contribution in [3.63, 3.8) is 0 Å². The molecular formula is C9H17ClF3NS. The van der Waals surface area contributed by atoms with E-state index in [4.69, 9.17) is 11.6 Å². The van der Waals surface area contributed by atoms with Crippen LogP contribution in [0.5, 0.6) is 0 Å². The molecule has 0 heterocycles. The molecule has 1 nitrogen and oxygen atoms in total. The fourth-order valence-corrected chi connectivity index (χ4v) is 1.89. The molecule has 15 heavy (non-hydrogen) atoms. The molecule has 0 amide bonds. The molecule has 0 saturated carbocycles. The first-order chi connectivity index (χ1) is 6.87. The first-order valence-electron chi connectivity index (χ1n) is 4.87. The van der Waals surface area contributed by atoms with Crippen molar-refractivity contribution in [3.05, 3.63) is 0 Å². The van der Waals surface area contributed by atoms with E-state index in [2.05, 4.69) is 5.32 Å². The van der Waals surface area contributed by atoms with Gasteiger partial charge in [-0.2, -0.15) is 13.2 Å². The van der Waals surface area contributed by atoms with Gasteiger partial charge in [0.2, 0.25) is 0 Å². The summed E-state index contributed by atoms with van der Waals surface area (Å²) in [5, 5.41) is 3.09. The number of halogens is 4. The Kier molecular flexibility index (Phi) is 7.83. The van der Waals surface area contributed by atoms with Crippen molar-refractivity contribution in [2.75, 3.05) is 18.2 Å². The average molecular weight is 264 g/mol. The number of thioether (sulfide) groups is 1. The molecule has 1 N–H and O–H groups in total. The topological polar surface area (TPSA) is 12.0 Å². The van der Waals surface area contributed by atoms with Crippen molar-refractivity contribution in [2.24, 2.45) is 5.92 Å². The number of nitrogens with one attached hydrogen (secondary N) is 1. The highest BCUT2D eigenvalue weighted by Gasteiger charge is 2.27. The van der Waals surface area contributed by atoms with Gasteiger partial charge in [0, 0.05) is 24.2 Å². The zero-order valence-electron chi connectivity index (χ0n) is 8.90. The number of hydrogen-bond donors (Lipinski definition) is 1. The summed E-state index contributed by atoms with van der Waals surface area (Å²) in [7, 11) is 0. The molecule has 0 aromatic rings. The molecule has 92 valence electrons. The van der Waals surface area contributed by atoms with E-state index < -0.39 is 5.51 Å². The van der Waals surface area contributed by atoms with Crippen LogP contribution in [0.25, 0.3) is 0 Å². The molecule has 0 bridgehead atoms. The maximum absolute atomic E-state index is 11.8. The van der Waals surface area contributed by atoms with Crippen molar-refractivity contribution in [1.82, 2.24) is 5.32 Å². The summed E-state index contributed by atoms with van der Waals surface area (Å²) >= 11 is 5.61. The lowest BCUT2D eigenvalue weighted by atomic mass is 10.0. The van der Waals surface area contributed by atoms with Crippen molar-refractivity contribution in [2.45, 2.75) is 31.8 Å². The van der Waals surface area contributed by atoms with Gasteiger partial charge in [0.05, 0.1) is 0 Å². The lowest BCUT2D eigenvalue weighted by Gasteiger charge is -2.21. The van der Waals surface area contributed by atoms with E-state index in [9.17, 15) is 13.2 Å². The largest absolute Gasteiger partial charge is 0.441 e. The highest BCUT2D eigenvalue weighted by atomic mass is 35.5. The molecule has 0 aromatic heterocycles. The van der Waals surface area contributed by atoms with E-state index in [1.807, 2.05) is 13.8 Å². The smallest absolute Gasteiger partial charge is 0.313 e. The second-order valence-corrected chi connectivity index (χ2v) is 5.11. The van der Waals surface area contributed by atoms with Crippen LogP contribution in [0.15, 0.2) is 0 Å². The maximum atomic E-state index is 11.8. The molecule has 1 atom stereocenters. The Morgan fingerprint density at radius 3 is 2.33 bits per heavy atom. The minimum absolute atomic E-state index is 0.00987. The molecule has 0 fully saturated rings. The van der Waals surface area contributed by atoms with Crippen LogP contribution < -0.4 is 5.32 Å².